The maximum Gasteiger partial charge on any atom is 0.514 e. The van der Waals surface area contributed by atoms with Crippen LogP contribution in [0.2, 0.25) is 0 Å². The van der Waals surface area contributed by atoms with Gasteiger partial charge >= 0.3 is 12.2 Å². The molecule has 1 fully saturated rings. The third kappa shape index (κ3) is 8.44. The van der Waals surface area contributed by atoms with E-state index in [9.17, 15) is 14.0 Å². The van der Waals surface area contributed by atoms with E-state index in [1.165, 1.54) is 12.1 Å². The van der Waals surface area contributed by atoms with E-state index in [1.807, 2.05) is 36.4 Å². The number of amides is 2. The van der Waals surface area contributed by atoms with Gasteiger partial charge in [-0.15, -0.1) is 0 Å². The normalized spacial score (nSPS) is 13.9. The van der Waals surface area contributed by atoms with E-state index < -0.39 is 6.16 Å². The van der Waals surface area contributed by atoms with Crippen molar-refractivity contribution in [1.29, 1.82) is 0 Å². The van der Waals surface area contributed by atoms with Gasteiger partial charge in [-0.1, -0.05) is 36.4 Å². The number of urea groups is 1. The Morgan fingerprint density at radius 1 is 0.974 bits per heavy atom. The van der Waals surface area contributed by atoms with Crippen LogP contribution in [0.3, 0.4) is 0 Å². The van der Waals surface area contributed by atoms with Gasteiger partial charge in [0.25, 0.3) is 0 Å². The third-order valence-corrected chi connectivity index (χ3v) is 6.57. The van der Waals surface area contributed by atoms with Crippen molar-refractivity contribution in [2.45, 2.75) is 25.5 Å². The number of benzene rings is 3. The molecule has 9 heteroatoms. The van der Waals surface area contributed by atoms with E-state index in [-0.39, 0.29) is 31.1 Å². The molecule has 1 N–H and O–H groups in total. The molecule has 1 saturated heterocycles. The average Bonchev–Trinajstić information content (AvgIpc) is 2.94. The lowest BCUT2D eigenvalue weighted by atomic mass is 10.1. The highest BCUT2D eigenvalue weighted by atomic mass is 19.1. The summed E-state index contributed by atoms with van der Waals surface area (Å²) in [5.41, 5.74) is 2.63. The molecule has 3 aromatic carbocycles. The van der Waals surface area contributed by atoms with Crippen molar-refractivity contribution < 1.29 is 28.2 Å². The number of likely N-dealkylation sites (tertiary alicyclic amines) is 1. The van der Waals surface area contributed by atoms with Crippen LogP contribution in [0.25, 0.3) is 11.1 Å². The minimum absolute atomic E-state index is 0.103. The van der Waals surface area contributed by atoms with Crippen LogP contribution >= 0.6 is 0 Å². The van der Waals surface area contributed by atoms with Crippen LogP contribution in [0, 0.1) is 5.82 Å². The van der Waals surface area contributed by atoms with Gasteiger partial charge in [0.1, 0.15) is 30.0 Å². The lowest BCUT2D eigenvalue weighted by Crippen LogP contribution is -2.40. The molecule has 8 nitrogen and oxygen atoms in total. The number of piperidine rings is 1. The number of carbonyl (C=O) groups excluding carboxylic acids is 2. The van der Waals surface area contributed by atoms with Crippen LogP contribution < -0.4 is 14.8 Å². The largest absolute Gasteiger partial charge is 0.514 e. The number of ether oxygens (including phenoxy) is 3. The summed E-state index contributed by atoms with van der Waals surface area (Å²) in [6.45, 7) is 2.69. The van der Waals surface area contributed by atoms with E-state index in [4.69, 9.17) is 14.2 Å². The van der Waals surface area contributed by atoms with Gasteiger partial charge in [0.15, 0.2) is 0 Å². The fraction of sp³-hybridized carbons (Fsp3) is 0.333. The van der Waals surface area contributed by atoms with Gasteiger partial charge < -0.3 is 29.3 Å². The summed E-state index contributed by atoms with van der Waals surface area (Å²) in [7, 11) is 3.61. The summed E-state index contributed by atoms with van der Waals surface area (Å²) in [6.07, 6.45) is 0.843. The van der Waals surface area contributed by atoms with Crippen molar-refractivity contribution in [3.05, 3.63) is 84.2 Å². The second-order valence-corrected chi connectivity index (χ2v) is 9.48. The summed E-state index contributed by atoms with van der Waals surface area (Å²) in [4.78, 5) is 28.2. The van der Waals surface area contributed by atoms with Crippen LogP contribution in [0.15, 0.2) is 72.8 Å². The molecule has 1 aliphatic heterocycles. The second-order valence-electron chi connectivity index (χ2n) is 9.48. The van der Waals surface area contributed by atoms with Gasteiger partial charge in [0.2, 0.25) is 0 Å². The van der Waals surface area contributed by atoms with Crippen LogP contribution in [-0.4, -0.2) is 68.4 Å². The average molecular weight is 536 g/mol. The van der Waals surface area contributed by atoms with Crippen LogP contribution in [-0.2, 0) is 11.3 Å². The molecule has 4 rings (SSSR count). The Kier molecular flexibility index (Phi) is 9.74. The first kappa shape index (κ1) is 27.9. The first-order valence-corrected chi connectivity index (χ1v) is 13.0. The molecule has 2 amide bonds. The molecule has 0 aromatic heterocycles. The zero-order valence-corrected chi connectivity index (χ0v) is 22.3. The number of hydrogen-bond acceptors (Lipinski definition) is 6. The lowest BCUT2D eigenvalue weighted by Gasteiger charge is -2.28. The monoisotopic (exact) mass is 535 g/mol. The van der Waals surface area contributed by atoms with Gasteiger partial charge in [0, 0.05) is 26.7 Å². The van der Waals surface area contributed by atoms with E-state index in [0.717, 1.165) is 37.1 Å². The predicted octanol–water partition coefficient (Wildman–Crippen LogP) is 5.32. The fourth-order valence-electron chi connectivity index (χ4n) is 4.36. The molecular weight excluding hydrogens is 501 g/mol. The Bertz CT molecular complexity index is 1230. The minimum Gasteiger partial charge on any atom is -0.492 e. The standard InChI is InChI=1S/C30H34FN3O5/c1-32-29(35)34(21-22-4-3-5-25(31)20-22)18-19-37-26-10-6-23(7-11-26)24-8-12-27(13-9-24)38-30(36)39-28-14-16-33(2)17-15-28/h3-13,20,28H,14-19,21H2,1-2H3,(H,32,35). The first-order valence-electron chi connectivity index (χ1n) is 13.0. The molecule has 0 unspecified atom stereocenters. The molecule has 39 heavy (non-hydrogen) atoms. The van der Waals surface area contributed by atoms with Crippen molar-refractivity contribution in [2.24, 2.45) is 0 Å². The Morgan fingerprint density at radius 3 is 2.23 bits per heavy atom. The SMILES string of the molecule is CNC(=O)N(CCOc1ccc(-c2ccc(OC(=O)OC3CCN(C)CC3)cc2)cc1)Cc1cccc(F)c1. The smallest absolute Gasteiger partial charge is 0.492 e. The highest BCUT2D eigenvalue weighted by Gasteiger charge is 2.21. The maximum atomic E-state index is 13.5. The summed E-state index contributed by atoms with van der Waals surface area (Å²) >= 11 is 0. The molecule has 0 radical (unpaired) electrons. The molecule has 1 heterocycles. The molecular formula is C30H34FN3O5. The van der Waals surface area contributed by atoms with Gasteiger partial charge in [0.05, 0.1) is 6.54 Å². The number of halogens is 1. The second kappa shape index (κ2) is 13.6. The quantitative estimate of drug-likeness (QED) is 0.295. The molecule has 0 spiro atoms. The Balaban J connectivity index is 1.25. The number of hydrogen-bond donors (Lipinski definition) is 1. The molecule has 0 saturated carbocycles. The number of rotatable bonds is 9. The zero-order valence-electron chi connectivity index (χ0n) is 22.3. The summed E-state index contributed by atoms with van der Waals surface area (Å²) in [5, 5.41) is 2.61. The van der Waals surface area contributed by atoms with Crippen LogP contribution in [0.1, 0.15) is 18.4 Å². The van der Waals surface area contributed by atoms with Gasteiger partial charge in [-0.25, -0.2) is 14.0 Å². The Labute approximate surface area is 228 Å². The van der Waals surface area contributed by atoms with Crippen molar-refractivity contribution in [2.75, 3.05) is 40.3 Å². The predicted molar refractivity (Wildman–Crippen MR) is 146 cm³/mol. The first-order chi connectivity index (χ1) is 18.9. The van der Waals surface area contributed by atoms with Crippen LogP contribution in [0.5, 0.6) is 11.5 Å². The van der Waals surface area contributed by atoms with Crippen molar-refractivity contribution in [1.82, 2.24) is 15.1 Å². The highest BCUT2D eigenvalue weighted by molar-refractivity contribution is 5.73. The number of carbonyl (C=O) groups is 2. The van der Waals surface area contributed by atoms with E-state index in [0.29, 0.717) is 23.6 Å². The summed E-state index contributed by atoms with van der Waals surface area (Å²) < 4.78 is 30.1. The molecule has 0 aliphatic carbocycles. The summed E-state index contributed by atoms with van der Waals surface area (Å²) in [5.74, 6) is 0.752. The molecule has 3 aromatic rings. The Morgan fingerprint density at radius 2 is 1.62 bits per heavy atom. The lowest BCUT2D eigenvalue weighted by molar-refractivity contribution is 0.0291. The summed E-state index contributed by atoms with van der Waals surface area (Å²) in [6, 6.07) is 20.7. The van der Waals surface area contributed by atoms with Gasteiger partial charge in [-0.2, -0.15) is 0 Å². The molecule has 206 valence electrons. The van der Waals surface area contributed by atoms with E-state index in [2.05, 4.69) is 17.3 Å². The van der Waals surface area contributed by atoms with E-state index >= 15 is 0 Å². The van der Waals surface area contributed by atoms with Crippen molar-refractivity contribution >= 4 is 12.2 Å². The Hall–Kier alpha value is -4.11. The molecule has 0 atom stereocenters. The number of nitrogens with zero attached hydrogens (tertiary/aromatic N) is 2. The molecule has 1 aliphatic rings. The van der Waals surface area contributed by atoms with Gasteiger partial charge in [-0.3, -0.25) is 0 Å². The molecule has 0 bridgehead atoms. The zero-order chi connectivity index (χ0) is 27.6. The van der Waals surface area contributed by atoms with Gasteiger partial charge in [-0.05, 0) is 73.0 Å². The van der Waals surface area contributed by atoms with Crippen LogP contribution in [0.4, 0.5) is 14.0 Å². The topological polar surface area (TPSA) is 80.3 Å². The van der Waals surface area contributed by atoms with E-state index in [1.54, 1.807) is 36.2 Å². The maximum absolute atomic E-state index is 13.5. The van der Waals surface area contributed by atoms with Crippen molar-refractivity contribution in [3.63, 3.8) is 0 Å². The highest BCUT2D eigenvalue weighted by Crippen LogP contribution is 2.25. The number of nitrogens with one attached hydrogen (secondary N) is 1. The third-order valence-electron chi connectivity index (χ3n) is 6.57. The fourth-order valence-corrected chi connectivity index (χ4v) is 4.36. The minimum atomic E-state index is -0.676. The van der Waals surface area contributed by atoms with Crippen molar-refractivity contribution in [3.8, 4) is 22.6 Å².